The summed E-state index contributed by atoms with van der Waals surface area (Å²) in [6.45, 7) is 1.48. The fraction of sp³-hybridized carbons (Fsp3) is 0.118. The maximum Gasteiger partial charge on any atom is 0.341 e. The second-order valence-electron chi connectivity index (χ2n) is 5.59. The van der Waals surface area contributed by atoms with Crippen LogP contribution in [-0.2, 0) is 21.4 Å². The molecule has 1 heterocycles. The number of ether oxygens (including phenoxy) is 1. The van der Waals surface area contributed by atoms with Crippen molar-refractivity contribution in [2.75, 3.05) is 0 Å². The van der Waals surface area contributed by atoms with E-state index >= 15 is 0 Å². The average Bonchev–Trinajstić information content (AvgIpc) is 3.08. The Morgan fingerprint density at radius 1 is 1.26 bits per heavy atom. The van der Waals surface area contributed by atoms with Gasteiger partial charge in [-0.1, -0.05) is 29.4 Å². The van der Waals surface area contributed by atoms with Crippen LogP contribution in [0.2, 0.25) is 0 Å². The Balaban J connectivity index is 1.75. The number of benzene rings is 2. The van der Waals surface area contributed by atoms with Gasteiger partial charge in [-0.25, -0.2) is 22.7 Å². The van der Waals surface area contributed by atoms with Gasteiger partial charge in [0.25, 0.3) is 5.89 Å². The number of hydrogen-bond acceptors (Lipinski definition) is 7. The van der Waals surface area contributed by atoms with Crippen LogP contribution in [0, 0.1) is 12.7 Å². The lowest BCUT2D eigenvalue weighted by Gasteiger charge is -2.05. The predicted molar refractivity (Wildman–Crippen MR) is 91.4 cm³/mol. The summed E-state index contributed by atoms with van der Waals surface area (Å²) < 4.78 is 46.4. The highest BCUT2D eigenvalue weighted by Crippen LogP contribution is 2.20. The Kier molecular flexibility index (Phi) is 5.02. The molecule has 1 aromatic heterocycles. The summed E-state index contributed by atoms with van der Waals surface area (Å²) in [5.41, 5.74) is 1.12. The fourth-order valence-corrected chi connectivity index (χ4v) is 2.83. The number of hydrogen-bond donors (Lipinski definition) is 1. The van der Waals surface area contributed by atoms with Crippen molar-refractivity contribution < 1.29 is 26.9 Å². The van der Waals surface area contributed by atoms with Crippen LogP contribution < -0.4 is 5.14 Å². The maximum absolute atomic E-state index is 13.8. The van der Waals surface area contributed by atoms with Crippen molar-refractivity contribution in [2.24, 2.45) is 5.14 Å². The number of carbonyl (C=O) groups is 1. The minimum Gasteiger partial charge on any atom is -0.452 e. The number of aryl methyl sites for hydroxylation is 1. The number of sulfonamides is 1. The van der Waals surface area contributed by atoms with Crippen molar-refractivity contribution in [1.29, 1.82) is 0 Å². The molecule has 140 valence electrons. The Hall–Kier alpha value is -3.11. The van der Waals surface area contributed by atoms with E-state index in [1.54, 1.807) is 0 Å². The summed E-state index contributed by atoms with van der Waals surface area (Å²) >= 11 is 0. The van der Waals surface area contributed by atoms with Crippen LogP contribution in [-0.4, -0.2) is 24.5 Å². The number of primary sulfonamides is 1. The Morgan fingerprint density at radius 3 is 2.70 bits per heavy atom. The van der Waals surface area contributed by atoms with E-state index in [9.17, 15) is 17.6 Å². The first-order chi connectivity index (χ1) is 12.8. The SMILES string of the molecule is Cc1ccccc1-c1noc(COC(=O)c2cc(S(N)(=O)=O)ccc2F)n1. The normalized spacial score (nSPS) is 11.4. The van der Waals surface area contributed by atoms with Crippen LogP contribution >= 0.6 is 0 Å². The van der Waals surface area contributed by atoms with Crippen LogP contribution in [0.25, 0.3) is 11.4 Å². The molecule has 8 nitrogen and oxygen atoms in total. The largest absolute Gasteiger partial charge is 0.452 e. The number of rotatable bonds is 5. The lowest BCUT2D eigenvalue weighted by atomic mass is 10.1. The number of halogens is 1. The van der Waals surface area contributed by atoms with E-state index in [1.165, 1.54) is 0 Å². The van der Waals surface area contributed by atoms with Crippen LogP contribution in [0.4, 0.5) is 4.39 Å². The molecule has 3 rings (SSSR count). The van der Waals surface area contributed by atoms with E-state index in [4.69, 9.17) is 14.4 Å². The maximum atomic E-state index is 13.8. The van der Waals surface area contributed by atoms with Crippen molar-refractivity contribution >= 4 is 16.0 Å². The summed E-state index contributed by atoms with van der Waals surface area (Å²) in [5.74, 6) is -1.71. The van der Waals surface area contributed by atoms with E-state index < -0.39 is 38.9 Å². The van der Waals surface area contributed by atoms with Gasteiger partial charge in [0.15, 0.2) is 6.61 Å². The number of aromatic nitrogens is 2. The van der Waals surface area contributed by atoms with Crippen molar-refractivity contribution in [3.8, 4) is 11.4 Å². The zero-order valence-corrected chi connectivity index (χ0v) is 14.9. The summed E-state index contributed by atoms with van der Waals surface area (Å²) in [6, 6.07) is 9.95. The smallest absolute Gasteiger partial charge is 0.341 e. The Morgan fingerprint density at radius 2 is 2.00 bits per heavy atom. The molecule has 0 aliphatic carbocycles. The zero-order valence-electron chi connectivity index (χ0n) is 14.0. The molecule has 0 amide bonds. The number of esters is 1. The van der Waals surface area contributed by atoms with Gasteiger partial charge in [-0.05, 0) is 30.7 Å². The predicted octanol–water partition coefficient (Wildman–Crippen LogP) is 2.19. The van der Waals surface area contributed by atoms with E-state index in [0.717, 1.165) is 29.3 Å². The quantitative estimate of drug-likeness (QED) is 0.661. The molecule has 0 bridgehead atoms. The topological polar surface area (TPSA) is 125 Å². The van der Waals surface area contributed by atoms with Crippen LogP contribution in [0.15, 0.2) is 51.9 Å². The molecule has 2 aromatic carbocycles. The van der Waals surface area contributed by atoms with Gasteiger partial charge >= 0.3 is 5.97 Å². The standard InChI is InChI=1S/C17H14FN3O5S/c1-10-4-2-3-5-12(10)16-20-15(26-21-16)9-25-17(22)13-8-11(27(19,23)24)6-7-14(13)18/h2-8H,9H2,1H3,(H2,19,23,24). The number of nitrogens with two attached hydrogens (primary N) is 1. The van der Waals surface area contributed by atoms with Crippen molar-refractivity contribution in [2.45, 2.75) is 18.4 Å². The third kappa shape index (κ3) is 4.18. The van der Waals surface area contributed by atoms with Gasteiger partial charge in [0.2, 0.25) is 15.8 Å². The second kappa shape index (κ2) is 7.25. The molecule has 0 unspecified atom stereocenters. The summed E-state index contributed by atoms with van der Waals surface area (Å²) in [4.78, 5) is 15.8. The molecule has 0 saturated carbocycles. The summed E-state index contributed by atoms with van der Waals surface area (Å²) in [7, 11) is -4.09. The van der Waals surface area contributed by atoms with Gasteiger partial charge in [0, 0.05) is 5.56 Å². The highest BCUT2D eigenvalue weighted by molar-refractivity contribution is 7.89. The first-order valence-electron chi connectivity index (χ1n) is 7.64. The van der Waals surface area contributed by atoms with E-state index in [2.05, 4.69) is 10.1 Å². The third-order valence-electron chi connectivity index (χ3n) is 3.67. The monoisotopic (exact) mass is 391 g/mol. The van der Waals surface area contributed by atoms with Gasteiger partial charge in [-0.3, -0.25) is 0 Å². The van der Waals surface area contributed by atoms with Gasteiger partial charge in [-0.2, -0.15) is 4.98 Å². The van der Waals surface area contributed by atoms with Crippen LogP contribution in [0.3, 0.4) is 0 Å². The number of nitrogens with zero attached hydrogens (tertiary/aromatic N) is 2. The van der Waals surface area contributed by atoms with Gasteiger partial charge < -0.3 is 9.26 Å². The van der Waals surface area contributed by atoms with Crippen molar-refractivity contribution in [1.82, 2.24) is 10.1 Å². The molecule has 0 aliphatic rings. The molecule has 0 saturated heterocycles. The Bertz CT molecular complexity index is 1110. The van der Waals surface area contributed by atoms with Gasteiger partial charge in [0.05, 0.1) is 10.5 Å². The average molecular weight is 391 g/mol. The third-order valence-corrected chi connectivity index (χ3v) is 4.58. The lowest BCUT2D eigenvalue weighted by Crippen LogP contribution is -2.14. The number of carbonyl (C=O) groups excluding carboxylic acids is 1. The lowest BCUT2D eigenvalue weighted by molar-refractivity contribution is 0.0424. The van der Waals surface area contributed by atoms with Crippen LogP contribution in [0.5, 0.6) is 0 Å². The molecule has 0 fully saturated rings. The summed E-state index contributed by atoms with van der Waals surface area (Å²) in [5, 5.41) is 8.79. The van der Waals surface area contributed by atoms with E-state index in [-0.39, 0.29) is 5.89 Å². The van der Waals surface area contributed by atoms with Gasteiger partial charge in [-0.15, -0.1) is 0 Å². The first-order valence-corrected chi connectivity index (χ1v) is 9.18. The first kappa shape index (κ1) is 18.7. The molecule has 27 heavy (non-hydrogen) atoms. The minimum atomic E-state index is -4.09. The van der Waals surface area contributed by atoms with Crippen molar-refractivity contribution in [3.63, 3.8) is 0 Å². The molecule has 0 aliphatic heterocycles. The molecule has 0 radical (unpaired) electrons. The molecule has 10 heteroatoms. The van der Waals surface area contributed by atoms with E-state index in [1.807, 2.05) is 31.2 Å². The van der Waals surface area contributed by atoms with Crippen molar-refractivity contribution in [3.05, 3.63) is 65.3 Å². The minimum absolute atomic E-state index is 0.00427. The highest BCUT2D eigenvalue weighted by Gasteiger charge is 2.19. The molecule has 0 atom stereocenters. The molecule has 2 N–H and O–H groups in total. The highest BCUT2D eigenvalue weighted by atomic mass is 32.2. The zero-order chi connectivity index (χ0) is 19.6. The molecule has 3 aromatic rings. The van der Waals surface area contributed by atoms with Crippen LogP contribution in [0.1, 0.15) is 21.8 Å². The summed E-state index contributed by atoms with van der Waals surface area (Å²) in [6.07, 6.45) is 0. The molecular weight excluding hydrogens is 377 g/mol. The molecular formula is C17H14FN3O5S. The second-order valence-corrected chi connectivity index (χ2v) is 7.15. The van der Waals surface area contributed by atoms with E-state index in [0.29, 0.717) is 5.82 Å². The molecule has 0 spiro atoms. The van der Waals surface area contributed by atoms with Gasteiger partial charge in [0.1, 0.15) is 5.82 Å². The Labute approximate surface area is 153 Å². The fourth-order valence-electron chi connectivity index (χ4n) is 2.29.